The SMILES string of the molecule is O=Cc1ccc(OCCCOCCCOc2cc(Cl)c(Cl)cc2Cl)cc1. The highest BCUT2D eigenvalue weighted by molar-refractivity contribution is 6.43. The molecule has 0 bridgehead atoms. The maximum atomic E-state index is 10.6. The number of carbonyl (C=O) groups is 1. The predicted octanol–water partition coefficient (Wildman–Crippen LogP) is 5.71. The fourth-order valence-electron chi connectivity index (χ4n) is 2.05. The Morgan fingerprint density at radius 1 is 0.769 bits per heavy atom. The minimum absolute atomic E-state index is 0.397. The van der Waals surface area contributed by atoms with E-state index >= 15 is 0 Å². The van der Waals surface area contributed by atoms with Crippen LogP contribution in [-0.4, -0.2) is 32.7 Å². The molecule has 0 saturated carbocycles. The van der Waals surface area contributed by atoms with Crippen molar-refractivity contribution in [1.82, 2.24) is 0 Å². The zero-order chi connectivity index (χ0) is 18.8. The third-order valence-corrected chi connectivity index (χ3v) is 4.40. The number of ether oxygens (including phenoxy) is 3. The summed E-state index contributed by atoms with van der Waals surface area (Å²) in [6.45, 7) is 2.19. The van der Waals surface area contributed by atoms with Crippen LogP contribution in [0.1, 0.15) is 23.2 Å². The molecule has 0 aliphatic rings. The number of rotatable bonds is 11. The number of hydrogen-bond donors (Lipinski definition) is 0. The normalized spacial score (nSPS) is 10.6. The molecule has 2 rings (SSSR count). The number of aldehydes is 1. The Hall–Kier alpha value is -1.46. The van der Waals surface area contributed by atoms with Gasteiger partial charge < -0.3 is 14.2 Å². The van der Waals surface area contributed by atoms with Crippen molar-refractivity contribution in [2.24, 2.45) is 0 Å². The Morgan fingerprint density at radius 2 is 1.38 bits per heavy atom. The Bertz CT molecular complexity index is 705. The molecule has 0 aromatic heterocycles. The Kier molecular flexibility index (Phi) is 9.06. The van der Waals surface area contributed by atoms with Gasteiger partial charge in [-0.1, -0.05) is 34.8 Å². The minimum atomic E-state index is 0.397. The molecule has 7 heteroatoms. The van der Waals surface area contributed by atoms with Gasteiger partial charge in [0.2, 0.25) is 0 Å². The summed E-state index contributed by atoms with van der Waals surface area (Å²) < 4.78 is 16.7. The highest BCUT2D eigenvalue weighted by atomic mass is 35.5. The molecular weight excluding hydrogens is 399 g/mol. The summed E-state index contributed by atoms with van der Waals surface area (Å²) in [7, 11) is 0. The van der Waals surface area contributed by atoms with Gasteiger partial charge in [0, 0.05) is 37.7 Å². The van der Waals surface area contributed by atoms with Gasteiger partial charge in [0.1, 0.15) is 17.8 Å². The second kappa shape index (κ2) is 11.3. The van der Waals surface area contributed by atoms with Gasteiger partial charge >= 0.3 is 0 Å². The van der Waals surface area contributed by atoms with Crippen molar-refractivity contribution in [3.8, 4) is 11.5 Å². The van der Waals surface area contributed by atoms with E-state index in [9.17, 15) is 4.79 Å². The summed E-state index contributed by atoms with van der Waals surface area (Å²) in [6, 6.07) is 10.2. The van der Waals surface area contributed by atoms with Crippen LogP contribution >= 0.6 is 34.8 Å². The molecule has 0 aliphatic heterocycles. The second-order valence-electron chi connectivity index (χ2n) is 5.40. The highest BCUT2D eigenvalue weighted by Crippen LogP contribution is 2.33. The van der Waals surface area contributed by atoms with Crippen LogP contribution < -0.4 is 9.47 Å². The van der Waals surface area contributed by atoms with Gasteiger partial charge in [-0.2, -0.15) is 0 Å². The Morgan fingerprint density at radius 3 is 2.04 bits per heavy atom. The lowest BCUT2D eigenvalue weighted by Crippen LogP contribution is -2.07. The van der Waals surface area contributed by atoms with Gasteiger partial charge in [-0.05, 0) is 30.3 Å². The average Bonchev–Trinajstić information content (AvgIpc) is 2.64. The molecule has 0 spiro atoms. The summed E-state index contributed by atoms with van der Waals surface area (Å²) in [5.41, 5.74) is 0.630. The van der Waals surface area contributed by atoms with Crippen LogP contribution in [0.25, 0.3) is 0 Å². The number of halogens is 3. The maximum absolute atomic E-state index is 10.6. The summed E-state index contributed by atoms with van der Waals surface area (Å²) in [5, 5.41) is 1.23. The average molecular weight is 418 g/mol. The first-order valence-electron chi connectivity index (χ1n) is 8.13. The van der Waals surface area contributed by atoms with Crippen molar-refractivity contribution in [3.63, 3.8) is 0 Å². The lowest BCUT2D eigenvalue weighted by Gasteiger charge is -2.10. The maximum Gasteiger partial charge on any atom is 0.150 e. The van der Waals surface area contributed by atoms with Crippen LogP contribution in [-0.2, 0) is 4.74 Å². The highest BCUT2D eigenvalue weighted by Gasteiger charge is 2.06. The zero-order valence-electron chi connectivity index (χ0n) is 14.1. The number of benzene rings is 2. The third-order valence-electron chi connectivity index (χ3n) is 3.38. The first-order chi connectivity index (χ1) is 12.6. The first kappa shape index (κ1) is 20.8. The minimum Gasteiger partial charge on any atom is -0.494 e. The molecule has 0 unspecified atom stereocenters. The van der Waals surface area contributed by atoms with Crippen molar-refractivity contribution in [3.05, 3.63) is 57.0 Å². The van der Waals surface area contributed by atoms with Crippen molar-refractivity contribution < 1.29 is 19.0 Å². The van der Waals surface area contributed by atoms with Crippen LogP contribution in [0.2, 0.25) is 15.1 Å². The van der Waals surface area contributed by atoms with Gasteiger partial charge in [-0.3, -0.25) is 4.79 Å². The van der Waals surface area contributed by atoms with Gasteiger partial charge in [-0.25, -0.2) is 0 Å². The van der Waals surface area contributed by atoms with Gasteiger partial charge in [0.25, 0.3) is 0 Å². The van der Waals surface area contributed by atoms with Crippen LogP contribution in [0.3, 0.4) is 0 Å². The van der Waals surface area contributed by atoms with Crippen LogP contribution in [0.15, 0.2) is 36.4 Å². The van der Waals surface area contributed by atoms with Gasteiger partial charge in [0.15, 0.2) is 0 Å². The number of hydrogen-bond acceptors (Lipinski definition) is 4. The van der Waals surface area contributed by atoms with E-state index in [0.29, 0.717) is 52.8 Å². The largest absolute Gasteiger partial charge is 0.494 e. The molecule has 4 nitrogen and oxygen atoms in total. The van der Waals surface area contributed by atoms with E-state index in [2.05, 4.69) is 0 Å². The van der Waals surface area contributed by atoms with E-state index in [1.165, 1.54) is 0 Å². The summed E-state index contributed by atoms with van der Waals surface area (Å²) in [5.74, 6) is 1.25. The molecule has 0 amide bonds. The quantitative estimate of drug-likeness (QED) is 0.267. The fraction of sp³-hybridized carbons (Fsp3) is 0.316. The molecule has 0 atom stereocenters. The smallest absolute Gasteiger partial charge is 0.150 e. The zero-order valence-corrected chi connectivity index (χ0v) is 16.3. The fourth-order valence-corrected chi connectivity index (χ4v) is 2.65. The standard InChI is InChI=1S/C19H19Cl3O4/c20-16-11-18(22)19(12-17(16)21)26-10-2-8-24-7-1-9-25-15-5-3-14(13-23)4-6-15/h3-6,11-13H,1-2,7-10H2. The summed E-state index contributed by atoms with van der Waals surface area (Å²) in [4.78, 5) is 10.6. The predicted molar refractivity (Wildman–Crippen MR) is 104 cm³/mol. The van der Waals surface area contributed by atoms with E-state index < -0.39 is 0 Å². The van der Waals surface area contributed by atoms with Crippen LogP contribution in [0.4, 0.5) is 0 Å². The van der Waals surface area contributed by atoms with Crippen LogP contribution in [0.5, 0.6) is 11.5 Å². The lowest BCUT2D eigenvalue weighted by molar-refractivity contribution is 0.107. The monoisotopic (exact) mass is 416 g/mol. The molecule has 0 aliphatic carbocycles. The molecule has 26 heavy (non-hydrogen) atoms. The second-order valence-corrected chi connectivity index (χ2v) is 6.62. The van der Waals surface area contributed by atoms with E-state index in [1.807, 2.05) is 0 Å². The summed E-state index contributed by atoms with van der Waals surface area (Å²) >= 11 is 17.8. The molecule has 0 radical (unpaired) electrons. The van der Waals surface area contributed by atoms with Crippen molar-refractivity contribution in [2.75, 3.05) is 26.4 Å². The molecule has 140 valence electrons. The molecule has 2 aromatic carbocycles. The first-order valence-corrected chi connectivity index (χ1v) is 9.26. The van der Waals surface area contributed by atoms with E-state index in [-0.39, 0.29) is 0 Å². The van der Waals surface area contributed by atoms with E-state index in [4.69, 9.17) is 49.0 Å². The number of carbonyl (C=O) groups excluding carboxylic acids is 1. The van der Waals surface area contributed by atoms with Crippen LogP contribution in [0, 0.1) is 0 Å². The van der Waals surface area contributed by atoms with Crippen molar-refractivity contribution >= 4 is 41.1 Å². The third kappa shape index (κ3) is 7.04. The lowest BCUT2D eigenvalue weighted by atomic mass is 10.2. The summed E-state index contributed by atoms with van der Waals surface area (Å²) in [6.07, 6.45) is 2.30. The molecule has 0 heterocycles. The van der Waals surface area contributed by atoms with Crippen molar-refractivity contribution in [1.29, 1.82) is 0 Å². The van der Waals surface area contributed by atoms with E-state index in [0.717, 1.165) is 24.9 Å². The molecule has 0 saturated heterocycles. The topological polar surface area (TPSA) is 44.8 Å². The molecule has 0 fully saturated rings. The van der Waals surface area contributed by atoms with Gasteiger partial charge in [0.05, 0.1) is 28.3 Å². The molecule has 2 aromatic rings. The molecular formula is C19H19Cl3O4. The molecule has 0 N–H and O–H groups in total. The van der Waals surface area contributed by atoms with E-state index in [1.54, 1.807) is 36.4 Å². The Balaban J connectivity index is 1.51. The van der Waals surface area contributed by atoms with Gasteiger partial charge in [-0.15, -0.1) is 0 Å². The van der Waals surface area contributed by atoms with Crippen molar-refractivity contribution in [2.45, 2.75) is 12.8 Å². The Labute approximate surface area is 167 Å².